The fraction of sp³-hybridized carbons (Fsp3) is 0.800. The molecule has 12 atom stereocenters. The third-order valence-corrected chi connectivity index (χ3v) is 12.9. The molecular weight excluding hydrogens is 883 g/mol. The van der Waals surface area contributed by atoms with Crippen molar-refractivity contribution < 1.29 is 64.6 Å². The first-order valence-corrected chi connectivity index (χ1v) is 27.0. The van der Waals surface area contributed by atoms with Crippen LogP contribution in [0.1, 0.15) is 187 Å². The summed E-state index contributed by atoms with van der Waals surface area (Å²) < 4.78 is 22.7. The molecule has 0 aromatic rings. The Bertz CT molecular complexity index is 1390. The number of ether oxygens (including phenoxy) is 4. The molecule has 9 N–H and O–H groups in total. The monoisotopic (exact) mass is 980 g/mol. The normalized spacial score (nSPS) is 26.6. The molecule has 0 aromatic carbocycles. The number of aliphatic hydroxyl groups is 8. The van der Waals surface area contributed by atoms with E-state index >= 15 is 0 Å². The van der Waals surface area contributed by atoms with Gasteiger partial charge in [0.15, 0.2) is 12.6 Å². The summed E-state index contributed by atoms with van der Waals surface area (Å²) in [4.78, 5) is 13.2. The lowest BCUT2D eigenvalue weighted by Crippen LogP contribution is -2.65. The van der Waals surface area contributed by atoms with Gasteiger partial charge in [0.05, 0.1) is 32.0 Å². The number of unbranched alkanes of at least 4 members (excludes halogenated alkanes) is 20. The Hall–Kier alpha value is -2.31. The average Bonchev–Trinajstić information content (AvgIpc) is 3.35. The predicted molar refractivity (Wildman–Crippen MR) is 272 cm³/mol. The van der Waals surface area contributed by atoms with E-state index in [2.05, 4.69) is 67.8 Å². The van der Waals surface area contributed by atoms with Crippen LogP contribution in [0.2, 0.25) is 0 Å². The number of nitrogens with one attached hydrogen (secondary N) is 1. The van der Waals surface area contributed by atoms with Crippen molar-refractivity contribution in [3.05, 3.63) is 60.8 Å². The van der Waals surface area contributed by atoms with E-state index in [4.69, 9.17) is 18.9 Å². The van der Waals surface area contributed by atoms with Crippen LogP contribution in [0.15, 0.2) is 60.8 Å². The smallest absolute Gasteiger partial charge is 0.220 e. The second-order valence-electron chi connectivity index (χ2n) is 19.0. The van der Waals surface area contributed by atoms with Gasteiger partial charge in [-0.3, -0.25) is 4.79 Å². The molecule has 0 spiro atoms. The van der Waals surface area contributed by atoms with Crippen molar-refractivity contribution >= 4 is 5.91 Å². The van der Waals surface area contributed by atoms with Crippen LogP contribution >= 0.6 is 0 Å². The third-order valence-electron chi connectivity index (χ3n) is 12.9. The van der Waals surface area contributed by atoms with E-state index in [9.17, 15) is 45.6 Å². The van der Waals surface area contributed by atoms with Crippen molar-refractivity contribution in [2.24, 2.45) is 0 Å². The summed E-state index contributed by atoms with van der Waals surface area (Å²) in [5.41, 5.74) is 0. The van der Waals surface area contributed by atoms with Crippen LogP contribution in [-0.4, -0.2) is 140 Å². The van der Waals surface area contributed by atoms with Crippen LogP contribution in [0, 0.1) is 0 Å². The number of amides is 1. The molecule has 0 aromatic heterocycles. The highest BCUT2D eigenvalue weighted by atomic mass is 16.7. The maximum Gasteiger partial charge on any atom is 0.220 e. The van der Waals surface area contributed by atoms with Crippen molar-refractivity contribution in [3.8, 4) is 0 Å². The number of rotatable bonds is 41. The quantitative estimate of drug-likeness (QED) is 0.0211. The molecule has 14 heteroatoms. The van der Waals surface area contributed by atoms with Crippen molar-refractivity contribution in [2.45, 2.75) is 261 Å². The third kappa shape index (κ3) is 27.9. The minimum Gasteiger partial charge on any atom is -0.394 e. The zero-order valence-corrected chi connectivity index (χ0v) is 42.5. The topological polar surface area (TPSA) is 228 Å². The van der Waals surface area contributed by atoms with E-state index in [0.29, 0.717) is 12.8 Å². The molecule has 0 radical (unpaired) electrons. The molecule has 0 aliphatic carbocycles. The molecule has 400 valence electrons. The maximum atomic E-state index is 13.2. The molecule has 0 bridgehead atoms. The lowest BCUT2D eigenvalue weighted by Gasteiger charge is -2.46. The second kappa shape index (κ2) is 41.2. The van der Waals surface area contributed by atoms with E-state index in [0.717, 1.165) is 70.6 Å². The van der Waals surface area contributed by atoms with Gasteiger partial charge in [-0.1, -0.05) is 177 Å². The van der Waals surface area contributed by atoms with Crippen molar-refractivity contribution in [3.63, 3.8) is 0 Å². The Morgan fingerprint density at radius 3 is 1.59 bits per heavy atom. The zero-order chi connectivity index (χ0) is 50.3. The molecule has 14 nitrogen and oxygen atoms in total. The Morgan fingerprint density at radius 2 is 1.01 bits per heavy atom. The van der Waals surface area contributed by atoms with Crippen molar-refractivity contribution in [1.82, 2.24) is 5.32 Å². The van der Waals surface area contributed by atoms with Gasteiger partial charge in [-0.15, -0.1) is 0 Å². The van der Waals surface area contributed by atoms with E-state index in [-0.39, 0.29) is 18.9 Å². The van der Waals surface area contributed by atoms with Crippen molar-refractivity contribution in [1.29, 1.82) is 0 Å². The number of carbonyl (C=O) groups is 1. The van der Waals surface area contributed by atoms with Crippen LogP contribution in [0.5, 0.6) is 0 Å². The molecular formula is C55H97NO13. The zero-order valence-electron chi connectivity index (χ0n) is 42.5. The average molecular weight is 980 g/mol. The van der Waals surface area contributed by atoms with Crippen LogP contribution in [0.4, 0.5) is 0 Å². The highest BCUT2D eigenvalue weighted by Gasteiger charge is 2.51. The van der Waals surface area contributed by atoms with Gasteiger partial charge in [-0.25, -0.2) is 0 Å². The number of aliphatic hydroxyl groups excluding tert-OH is 8. The van der Waals surface area contributed by atoms with E-state index in [1.165, 1.54) is 83.5 Å². The number of hydrogen-bond acceptors (Lipinski definition) is 13. The molecule has 2 saturated heterocycles. The van der Waals surface area contributed by atoms with Gasteiger partial charge in [0.25, 0.3) is 0 Å². The van der Waals surface area contributed by atoms with Gasteiger partial charge >= 0.3 is 0 Å². The highest BCUT2D eigenvalue weighted by Crippen LogP contribution is 2.30. The Labute approximate surface area is 416 Å². The molecule has 12 unspecified atom stereocenters. The van der Waals surface area contributed by atoms with Gasteiger partial charge in [0.1, 0.15) is 48.8 Å². The van der Waals surface area contributed by atoms with Gasteiger partial charge in [-0.05, 0) is 64.2 Å². The first kappa shape index (κ1) is 62.8. The van der Waals surface area contributed by atoms with E-state index < -0.39 is 86.8 Å². The second-order valence-corrected chi connectivity index (χ2v) is 19.0. The summed E-state index contributed by atoms with van der Waals surface area (Å²) in [6.07, 6.45) is 34.0. The molecule has 1 amide bonds. The molecule has 2 heterocycles. The van der Waals surface area contributed by atoms with Crippen LogP contribution in [0.3, 0.4) is 0 Å². The Balaban J connectivity index is 1.85. The van der Waals surface area contributed by atoms with Gasteiger partial charge in [-0.2, -0.15) is 0 Å². The van der Waals surface area contributed by atoms with Crippen LogP contribution in [-0.2, 0) is 23.7 Å². The molecule has 2 aliphatic rings. The largest absolute Gasteiger partial charge is 0.394 e. The summed E-state index contributed by atoms with van der Waals surface area (Å²) in [6.45, 7) is 2.65. The lowest BCUT2D eigenvalue weighted by molar-refractivity contribution is -0.359. The number of allylic oxidation sites excluding steroid dienone is 9. The fourth-order valence-electron chi connectivity index (χ4n) is 8.56. The standard InChI is InChI=1S/C55H97NO13/c1-3-5-7-9-11-13-15-17-19-21-23-24-26-28-30-32-34-36-38-44(59)43(56-47(60)39-37-35-33-31-29-27-25-22-20-18-16-14-12-10-8-6-4-2)42-66-54-52(65)50(63)53(46(41-58)68-54)69-55-51(64)49(62)48(61)45(40-57)67-55/h6,8,12,14,18,20,28,30,36,38,43-46,48-55,57-59,61-65H,3-5,7,9-11,13,15-17,19,21-27,29,31-35,37,39-42H2,1-2H3,(H,56,60)/b8-6-,14-12-,20-18-,30-28+,38-36+. The summed E-state index contributed by atoms with van der Waals surface area (Å²) in [7, 11) is 0. The minimum absolute atomic E-state index is 0.260. The van der Waals surface area contributed by atoms with Gasteiger partial charge < -0.3 is 65.1 Å². The predicted octanol–water partition coefficient (Wildman–Crippen LogP) is 7.83. The summed E-state index contributed by atoms with van der Waals surface area (Å²) in [5.74, 6) is -0.262. The molecule has 2 fully saturated rings. The number of carbonyl (C=O) groups excluding carboxylic acids is 1. The molecule has 2 rings (SSSR count). The molecule has 0 saturated carbocycles. The van der Waals surface area contributed by atoms with E-state index in [1.54, 1.807) is 6.08 Å². The first-order valence-electron chi connectivity index (χ1n) is 27.0. The minimum atomic E-state index is -1.79. The number of hydrogen-bond donors (Lipinski definition) is 9. The first-order chi connectivity index (χ1) is 33.6. The lowest BCUT2D eigenvalue weighted by atomic mass is 9.97. The highest BCUT2D eigenvalue weighted by molar-refractivity contribution is 5.76. The fourth-order valence-corrected chi connectivity index (χ4v) is 8.56. The summed E-state index contributed by atoms with van der Waals surface area (Å²) >= 11 is 0. The van der Waals surface area contributed by atoms with Gasteiger partial charge in [0, 0.05) is 6.42 Å². The molecule has 2 aliphatic heterocycles. The summed E-state index contributed by atoms with van der Waals surface area (Å²) in [6, 6.07) is -0.938. The Morgan fingerprint density at radius 1 is 0.536 bits per heavy atom. The van der Waals surface area contributed by atoms with Crippen LogP contribution in [0.25, 0.3) is 0 Å². The SMILES string of the molecule is CC/C=C\C/C=C\C/C=C\CCCCCCCCCC(=O)NC(COC1OC(CO)C(OC2OC(CO)C(O)C(O)C2O)C(O)C1O)C(O)/C=C/CC/C=C/CCCCCCCCCCCCCC. The van der Waals surface area contributed by atoms with Gasteiger partial charge in [0.2, 0.25) is 5.91 Å². The summed E-state index contributed by atoms with van der Waals surface area (Å²) in [5, 5.41) is 86.9. The van der Waals surface area contributed by atoms with E-state index in [1.807, 2.05) is 6.08 Å². The molecule has 69 heavy (non-hydrogen) atoms. The Kier molecular flexibility index (Phi) is 37.5. The van der Waals surface area contributed by atoms with Crippen LogP contribution < -0.4 is 5.32 Å². The van der Waals surface area contributed by atoms with Crippen molar-refractivity contribution in [2.75, 3.05) is 19.8 Å². The maximum absolute atomic E-state index is 13.2.